The zero-order chi connectivity index (χ0) is 32.2. The second-order valence-electron chi connectivity index (χ2n) is 9.82. The summed E-state index contributed by atoms with van der Waals surface area (Å²) in [5, 5.41) is 1.41. The topological polar surface area (TPSA) is 114 Å². The average molecular weight is 656 g/mol. The van der Waals surface area contributed by atoms with Gasteiger partial charge in [-0.25, -0.2) is 14.8 Å². The molecule has 1 aliphatic rings. The molecule has 0 radical (unpaired) electrons. The first-order chi connectivity index (χ1) is 22.4. The van der Waals surface area contributed by atoms with Gasteiger partial charge in [0, 0.05) is 17.8 Å². The van der Waals surface area contributed by atoms with Crippen molar-refractivity contribution in [2.24, 2.45) is 4.99 Å². The van der Waals surface area contributed by atoms with E-state index in [0.29, 0.717) is 54.3 Å². The average Bonchev–Trinajstić information content (AvgIpc) is 3.66. The molecule has 5 aromatic rings. The molecule has 1 aliphatic heterocycles. The third kappa shape index (κ3) is 5.96. The van der Waals surface area contributed by atoms with Crippen LogP contribution >= 0.6 is 23.1 Å². The number of pyridine rings is 1. The quantitative estimate of drug-likeness (QED) is 0.190. The lowest BCUT2D eigenvalue weighted by atomic mass is 9.92. The molecule has 0 saturated heterocycles. The largest absolute Gasteiger partial charge is 0.493 e. The van der Waals surface area contributed by atoms with Gasteiger partial charge in [-0.2, -0.15) is 0 Å². The number of furan rings is 1. The van der Waals surface area contributed by atoms with Crippen LogP contribution in [0.25, 0.3) is 11.8 Å². The summed E-state index contributed by atoms with van der Waals surface area (Å²) in [5.41, 5.74) is 1.49. The van der Waals surface area contributed by atoms with E-state index in [1.165, 1.54) is 49.0 Å². The maximum Gasteiger partial charge on any atom is 0.338 e. The van der Waals surface area contributed by atoms with Crippen LogP contribution in [0.2, 0.25) is 0 Å². The van der Waals surface area contributed by atoms with Crippen molar-refractivity contribution in [3.63, 3.8) is 0 Å². The number of aromatic nitrogens is 2. The first kappa shape index (κ1) is 30.9. The minimum atomic E-state index is -0.937. The fourth-order valence-electron chi connectivity index (χ4n) is 5.12. The van der Waals surface area contributed by atoms with Crippen molar-refractivity contribution >= 4 is 40.8 Å². The number of hydrogen-bond donors (Lipinski definition) is 0. The van der Waals surface area contributed by atoms with Gasteiger partial charge in [0.2, 0.25) is 5.75 Å². The van der Waals surface area contributed by atoms with Gasteiger partial charge in [-0.15, -0.1) is 0 Å². The fourth-order valence-corrected chi connectivity index (χ4v) is 6.84. The van der Waals surface area contributed by atoms with Crippen LogP contribution in [0.15, 0.2) is 109 Å². The van der Waals surface area contributed by atoms with Gasteiger partial charge >= 0.3 is 5.97 Å². The van der Waals surface area contributed by atoms with E-state index in [1.807, 2.05) is 54.6 Å². The highest BCUT2D eigenvalue weighted by Gasteiger charge is 2.36. The summed E-state index contributed by atoms with van der Waals surface area (Å²) >= 11 is 2.57. The van der Waals surface area contributed by atoms with Crippen LogP contribution in [-0.4, -0.2) is 43.5 Å². The van der Waals surface area contributed by atoms with Crippen LogP contribution in [0, 0.1) is 0 Å². The molecule has 3 aromatic heterocycles. The van der Waals surface area contributed by atoms with E-state index in [-0.39, 0.29) is 17.7 Å². The summed E-state index contributed by atoms with van der Waals surface area (Å²) in [6, 6.07) is 21.1. The Bertz CT molecular complexity index is 2080. The van der Waals surface area contributed by atoms with Crippen LogP contribution in [0.5, 0.6) is 17.2 Å². The molecule has 234 valence electrons. The molecule has 0 bridgehead atoms. The summed E-state index contributed by atoms with van der Waals surface area (Å²) in [4.78, 5) is 37.7. The Morgan fingerprint density at radius 3 is 2.39 bits per heavy atom. The lowest BCUT2D eigenvalue weighted by Gasteiger charge is -2.27. The highest BCUT2D eigenvalue weighted by molar-refractivity contribution is 7.99. The van der Waals surface area contributed by atoms with Crippen LogP contribution < -0.4 is 29.1 Å². The minimum absolute atomic E-state index is 0.133. The van der Waals surface area contributed by atoms with Gasteiger partial charge in [-0.3, -0.25) is 9.36 Å². The highest BCUT2D eigenvalue weighted by Crippen LogP contribution is 2.43. The number of fused-ring (bicyclic) bond motifs is 1. The first-order valence-corrected chi connectivity index (χ1v) is 15.9. The molecule has 0 unspecified atom stereocenters. The summed E-state index contributed by atoms with van der Waals surface area (Å²) in [5.74, 6) is 1.01. The Morgan fingerprint density at radius 2 is 1.74 bits per heavy atom. The molecule has 2 aromatic carbocycles. The van der Waals surface area contributed by atoms with E-state index in [1.54, 1.807) is 37.4 Å². The normalized spacial score (nSPS) is 14.4. The maximum atomic E-state index is 14.3. The van der Waals surface area contributed by atoms with E-state index in [2.05, 4.69) is 4.98 Å². The van der Waals surface area contributed by atoms with Crippen molar-refractivity contribution in [3.8, 4) is 17.2 Å². The number of nitrogens with zero attached hydrogens (tertiary/aromatic N) is 3. The van der Waals surface area contributed by atoms with Gasteiger partial charge in [-0.05, 0) is 60.6 Å². The Morgan fingerprint density at radius 1 is 1.00 bits per heavy atom. The van der Waals surface area contributed by atoms with Gasteiger partial charge in [0.05, 0.1) is 49.8 Å². The third-order valence-corrected chi connectivity index (χ3v) is 8.95. The third-order valence-electron chi connectivity index (χ3n) is 7.09. The SMILES string of the molecule is CCOC(=O)C1=C(c2ccccc2)N=c2s/c(=C\c3ccc(Sc4ccccn4)o3)c(=O)n2[C@H]1c1cc(OC)c(OC)c(OC)c1. The van der Waals surface area contributed by atoms with Gasteiger partial charge < -0.3 is 23.4 Å². The predicted octanol–water partition coefficient (Wildman–Crippen LogP) is 5.10. The molecule has 0 amide bonds. The maximum absolute atomic E-state index is 14.3. The molecule has 0 N–H and O–H groups in total. The zero-order valence-electron chi connectivity index (χ0n) is 25.4. The first-order valence-electron chi connectivity index (χ1n) is 14.2. The van der Waals surface area contributed by atoms with E-state index < -0.39 is 12.0 Å². The van der Waals surface area contributed by atoms with Crippen molar-refractivity contribution in [2.75, 3.05) is 27.9 Å². The van der Waals surface area contributed by atoms with Gasteiger partial charge in [-0.1, -0.05) is 47.7 Å². The van der Waals surface area contributed by atoms with E-state index in [0.717, 1.165) is 5.03 Å². The molecule has 6 rings (SSSR count). The van der Waals surface area contributed by atoms with Crippen molar-refractivity contribution in [3.05, 3.63) is 121 Å². The second-order valence-corrected chi connectivity index (χ2v) is 11.9. The number of rotatable bonds is 10. The van der Waals surface area contributed by atoms with Crippen molar-refractivity contribution in [2.45, 2.75) is 23.1 Å². The van der Waals surface area contributed by atoms with Crippen molar-refractivity contribution in [1.82, 2.24) is 9.55 Å². The molecule has 46 heavy (non-hydrogen) atoms. The molecule has 0 saturated carbocycles. The van der Waals surface area contributed by atoms with Gasteiger partial charge in [0.1, 0.15) is 10.8 Å². The summed E-state index contributed by atoms with van der Waals surface area (Å²) < 4.78 is 30.3. The van der Waals surface area contributed by atoms with E-state index in [4.69, 9.17) is 28.4 Å². The van der Waals surface area contributed by atoms with E-state index >= 15 is 0 Å². The zero-order valence-corrected chi connectivity index (χ0v) is 27.0. The molecule has 0 spiro atoms. The van der Waals surface area contributed by atoms with Gasteiger partial charge in [0.15, 0.2) is 21.4 Å². The van der Waals surface area contributed by atoms with Crippen molar-refractivity contribution in [1.29, 1.82) is 0 Å². The Kier molecular flexibility index (Phi) is 9.08. The highest BCUT2D eigenvalue weighted by atomic mass is 32.2. The summed E-state index contributed by atoms with van der Waals surface area (Å²) in [6.07, 6.45) is 3.39. The van der Waals surface area contributed by atoms with Crippen LogP contribution in [-0.2, 0) is 9.53 Å². The lowest BCUT2D eigenvalue weighted by molar-refractivity contribution is -0.138. The summed E-state index contributed by atoms with van der Waals surface area (Å²) in [7, 11) is 4.52. The van der Waals surface area contributed by atoms with Crippen molar-refractivity contribution < 1.29 is 28.2 Å². The van der Waals surface area contributed by atoms with Crippen LogP contribution in [0.1, 0.15) is 29.9 Å². The number of methoxy groups -OCH3 is 3. The molecule has 12 heteroatoms. The van der Waals surface area contributed by atoms with E-state index in [9.17, 15) is 9.59 Å². The molecular weight excluding hydrogens is 627 g/mol. The monoisotopic (exact) mass is 655 g/mol. The number of benzene rings is 2. The molecule has 4 heterocycles. The van der Waals surface area contributed by atoms with Gasteiger partial charge in [0.25, 0.3) is 5.56 Å². The van der Waals surface area contributed by atoms with Crippen LogP contribution in [0.3, 0.4) is 0 Å². The molecule has 0 aliphatic carbocycles. The Labute approximate surface area is 272 Å². The number of hydrogen-bond acceptors (Lipinski definition) is 11. The smallest absolute Gasteiger partial charge is 0.338 e. The summed E-state index contributed by atoms with van der Waals surface area (Å²) in [6.45, 7) is 1.86. The number of ether oxygens (including phenoxy) is 4. The van der Waals surface area contributed by atoms with Crippen LogP contribution in [0.4, 0.5) is 0 Å². The number of carbonyl (C=O) groups is 1. The standard InChI is InChI=1S/C34H29N3O7S2/c1-5-43-33(39)28-29(20-11-7-6-8-12-20)36-34-37(30(28)21-17-23(40-2)31(42-4)24(18-21)41-3)32(38)25(45-34)19-22-14-15-27(44-22)46-26-13-9-10-16-35-26/h6-19,30H,5H2,1-4H3/b25-19-/t30-/m0/s1. The Balaban J connectivity index is 1.58. The molecule has 10 nitrogen and oxygen atoms in total. The number of thiazole rings is 1. The molecule has 1 atom stereocenters. The molecular formula is C34H29N3O7S2. The predicted molar refractivity (Wildman–Crippen MR) is 174 cm³/mol. The number of esters is 1. The minimum Gasteiger partial charge on any atom is -0.493 e. The molecule has 0 fully saturated rings. The fraction of sp³-hybridized carbons (Fsp3) is 0.176. The Hall–Kier alpha value is -5.07. The second kappa shape index (κ2) is 13.5. The number of carbonyl (C=O) groups excluding carboxylic acids is 1. The lowest BCUT2D eigenvalue weighted by Crippen LogP contribution is -2.40.